The van der Waals surface area contributed by atoms with Crippen molar-refractivity contribution in [2.75, 3.05) is 20.7 Å². The normalized spacial score (nSPS) is 11.0. The average molecular weight is 363 g/mol. The van der Waals surface area contributed by atoms with Crippen molar-refractivity contribution in [3.63, 3.8) is 0 Å². The molecule has 0 atom stereocenters. The Hall–Kier alpha value is -2.99. The third-order valence-electron chi connectivity index (χ3n) is 4.05. The van der Waals surface area contributed by atoms with Crippen LogP contribution in [-0.2, 0) is 4.79 Å². The highest BCUT2D eigenvalue weighted by molar-refractivity contribution is 7.21. The zero-order valence-corrected chi connectivity index (χ0v) is 15.3. The molecule has 2 aromatic carbocycles. The lowest BCUT2D eigenvalue weighted by molar-refractivity contribution is -0.130. The van der Waals surface area contributed by atoms with Gasteiger partial charge in [0.15, 0.2) is 6.61 Å². The van der Waals surface area contributed by atoms with Crippen LogP contribution in [0.1, 0.15) is 0 Å². The standard InChI is InChI=1S/C20H17N3O2S/c1-23(2)18(24)12-25-16-8-5-6-13-10-11-15(21-19(13)16)20-22-14-7-3-4-9-17(14)26-20/h3-11H,12H2,1-2H3. The maximum Gasteiger partial charge on any atom is 0.259 e. The van der Waals surface area contributed by atoms with Gasteiger partial charge in [-0.3, -0.25) is 4.79 Å². The molecule has 5 nitrogen and oxygen atoms in total. The number of hydrogen-bond donors (Lipinski definition) is 0. The van der Waals surface area contributed by atoms with Gasteiger partial charge in [-0.05, 0) is 24.3 Å². The van der Waals surface area contributed by atoms with Gasteiger partial charge in [-0.2, -0.15) is 0 Å². The minimum Gasteiger partial charge on any atom is -0.481 e. The van der Waals surface area contributed by atoms with E-state index in [-0.39, 0.29) is 12.5 Å². The van der Waals surface area contributed by atoms with E-state index in [0.717, 1.165) is 31.8 Å². The number of amides is 1. The van der Waals surface area contributed by atoms with Crippen molar-refractivity contribution in [2.45, 2.75) is 0 Å². The quantitative estimate of drug-likeness (QED) is 0.550. The molecular weight excluding hydrogens is 346 g/mol. The third-order valence-corrected chi connectivity index (χ3v) is 5.11. The Balaban J connectivity index is 1.73. The number of aromatic nitrogens is 2. The maximum absolute atomic E-state index is 11.8. The van der Waals surface area contributed by atoms with E-state index in [4.69, 9.17) is 9.72 Å². The Bertz CT molecular complexity index is 1070. The highest BCUT2D eigenvalue weighted by atomic mass is 32.1. The molecule has 130 valence electrons. The smallest absolute Gasteiger partial charge is 0.259 e. The van der Waals surface area contributed by atoms with Crippen LogP contribution in [-0.4, -0.2) is 41.5 Å². The summed E-state index contributed by atoms with van der Waals surface area (Å²) in [4.78, 5) is 22.8. The topological polar surface area (TPSA) is 55.3 Å². The molecule has 0 spiro atoms. The molecule has 0 radical (unpaired) electrons. The number of rotatable bonds is 4. The van der Waals surface area contributed by atoms with Gasteiger partial charge in [0, 0.05) is 19.5 Å². The lowest BCUT2D eigenvalue weighted by Gasteiger charge is -2.12. The molecule has 26 heavy (non-hydrogen) atoms. The first kappa shape index (κ1) is 16.5. The summed E-state index contributed by atoms with van der Waals surface area (Å²) in [5.74, 6) is 0.505. The largest absolute Gasteiger partial charge is 0.481 e. The van der Waals surface area contributed by atoms with Crippen LogP contribution in [0, 0.1) is 0 Å². The lowest BCUT2D eigenvalue weighted by Crippen LogP contribution is -2.27. The first-order valence-corrected chi connectivity index (χ1v) is 9.02. The third kappa shape index (κ3) is 3.11. The van der Waals surface area contributed by atoms with Crippen LogP contribution in [0.4, 0.5) is 0 Å². The molecule has 4 rings (SSSR count). The van der Waals surface area contributed by atoms with Gasteiger partial charge in [0.1, 0.15) is 16.3 Å². The maximum atomic E-state index is 11.8. The molecule has 6 heteroatoms. The molecule has 0 aliphatic rings. The Kier molecular flexibility index (Phi) is 4.26. The highest BCUT2D eigenvalue weighted by Gasteiger charge is 2.12. The zero-order chi connectivity index (χ0) is 18.1. The molecule has 0 unspecified atom stereocenters. The molecule has 4 aromatic rings. The molecule has 2 heterocycles. The zero-order valence-electron chi connectivity index (χ0n) is 14.5. The molecule has 0 aliphatic carbocycles. The number of ether oxygens (including phenoxy) is 1. The van der Waals surface area contributed by atoms with E-state index in [1.54, 1.807) is 25.4 Å². The van der Waals surface area contributed by atoms with Crippen LogP contribution in [0.25, 0.3) is 31.8 Å². The predicted octanol–water partition coefficient (Wildman–Crippen LogP) is 3.98. The van der Waals surface area contributed by atoms with Gasteiger partial charge in [0.05, 0.1) is 15.9 Å². The monoisotopic (exact) mass is 363 g/mol. The van der Waals surface area contributed by atoms with Crippen molar-refractivity contribution >= 4 is 38.4 Å². The van der Waals surface area contributed by atoms with Crippen LogP contribution in [0.3, 0.4) is 0 Å². The number of nitrogens with zero attached hydrogens (tertiary/aromatic N) is 3. The number of para-hydroxylation sites is 2. The summed E-state index contributed by atoms with van der Waals surface area (Å²) in [5, 5.41) is 1.83. The summed E-state index contributed by atoms with van der Waals surface area (Å²) in [6.07, 6.45) is 0. The average Bonchev–Trinajstić information content (AvgIpc) is 3.09. The van der Waals surface area contributed by atoms with Gasteiger partial charge in [-0.25, -0.2) is 9.97 Å². The Labute approximate surface area is 154 Å². The summed E-state index contributed by atoms with van der Waals surface area (Å²) in [6.45, 7) is -0.0147. The summed E-state index contributed by atoms with van der Waals surface area (Å²) >= 11 is 1.61. The van der Waals surface area contributed by atoms with Gasteiger partial charge >= 0.3 is 0 Å². The van der Waals surface area contributed by atoms with E-state index in [0.29, 0.717) is 5.75 Å². The molecule has 0 bridgehead atoms. The van der Waals surface area contributed by atoms with Crippen molar-refractivity contribution in [3.05, 3.63) is 54.6 Å². The predicted molar refractivity (Wildman–Crippen MR) is 105 cm³/mol. The molecule has 1 amide bonds. The Morgan fingerprint density at radius 1 is 1.04 bits per heavy atom. The second-order valence-electron chi connectivity index (χ2n) is 6.09. The summed E-state index contributed by atoms with van der Waals surface area (Å²) in [6, 6.07) is 17.7. The SMILES string of the molecule is CN(C)C(=O)COc1cccc2ccc(-c3nc4ccccc4s3)nc12. The van der Waals surface area contributed by atoms with Crippen LogP contribution in [0.15, 0.2) is 54.6 Å². The van der Waals surface area contributed by atoms with Gasteiger partial charge < -0.3 is 9.64 Å². The lowest BCUT2D eigenvalue weighted by atomic mass is 10.2. The number of benzene rings is 2. The molecule has 0 fully saturated rings. The second-order valence-corrected chi connectivity index (χ2v) is 7.12. The van der Waals surface area contributed by atoms with Crippen LogP contribution in [0.2, 0.25) is 0 Å². The molecular formula is C20H17N3O2S. The number of hydrogen-bond acceptors (Lipinski definition) is 5. The number of fused-ring (bicyclic) bond motifs is 2. The van der Waals surface area contributed by atoms with Crippen LogP contribution >= 0.6 is 11.3 Å². The minimum atomic E-state index is -0.0932. The fourth-order valence-electron chi connectivity index (χ4n) is 2.61. The summed E-state index contributed by atoms with van der Waals surface area (Å²) in [7, 11) is 3.41. The van der Waals surface area contributed by atoms with Gasteiger partial charge in [-0.15, -0.1) is 11.3 Å². The summed E-state index contributed by atoms with van der Waals surface area (Å²) < 4.78 is 6.85. The van der Waals surface area contributed by atoms with E-state index >= 15 is 0 Å². The van der Waals surface area contributed by atoms with Gasteiger partial charge in [0.2, 0.25) is 0 Å². The number of likely N-dealkylation sites (N-methyl/N-ethyl adjacent to an activating group) is 1. The Morgan fingerprint density at radius 3 is 2.69 bits per heavy atom. The van der Waals surface area contributed by atoms with Crippen molar-refractivity contribution in [1.29, 1.82) is 0 Å². The molecule has 2 aromatic heterocycles. The van der Waals surface area contributed by atoms with Gasteiger partial charge in [0.25, 0.3) is 5.91 Å². The van der Waals surface area contributed by atoms with Crippen molar-refractivity contribution in [1.82, 2.24) is 14.9 Å². The van der Waals surface area contributed by atoms with Crippen molar-refractivity contribution in [3.8, 4) is 16.5 Å². The van der Waals surface area contributed by atoms with E-state index in [9.17, 15) is 4.79 Å². The van der Waals surface area contributed by atoms with E-state index in [1.165, 1.54) is 4.90 Å². The fourth-order valence-corrected chi connectivity index (χ4v) is 3.54. The van der Waals surface area contributed by atoms with Crippen molar-refractivity contribution < 1.29 is 9.53 Å². The first-order chi connectivity index (χ1) is 12.6. The molecule has 0 aliphatic heterocycles. The van der Waals surface area contributed by atoms with Gasteiger partial charge in [-0.1, -0.05) is 30.3 Å². The van der Waals surface area contributed by atoms with E-state index < -0.39 is 0 Å². The summed E-state index contributed by atoms with van der Waals surface area (Å²) in [5.41, 5.74) is 2.50. The van der Waals surface area contributed by atoms with E-state index in [1.807, 2.05) is 48.5 Å². The highest BCUT2D eigenvalue weighted by Crippen LogP contribution is 2.32. The molecule has 0 N–H and O–H groups in total. The number of carbonyl (C=O) groups is 1. The van der Waals surface area contributed by atoms with Crippen LogP contribution < -0.4 is 4.74 Å². The molecule has 0 saturated carbocycles. The van der Waals surface area contributed by atoms with Crippen LogP contribution in [0.5, 0.6) is 5.75 Å². The van der Waals surface area contributed by atoms with E-state index in [2.05, 4.69) is 11.1 Å². The fraction of sp³-hybridized carbons (Fsp3) is 0.150. The number of carbonyl (C=O) groups excluding carboxylic acids is 1. The first-order valence-electron chi connectivity index (χ1n) is 8.20. The minimum absolute atomic E-state index is 0.0147. The number of thiazole rings is 1. The number of pyridine rings is 1. The second kappa shape index (κ2) is 6.72. The Morgan fingerprint density at radius 2 is 1.88 bits per heavy atom. The molecule has 0 saturated heterocycles. The van der Waals surface area contributed by atoms with Crippen molar-refractivity contribution in [2.24, 2.45) is 0 Å².